The lowest BCUT2D eigenvalue weighted by molar-refractivity contribution is -0.125. The van der Waals surface area contributed by atoms with Crippen LogP contribution < -0.4 is 11.1 Å². The molecule has 4 rings (SSSR count). The van der Waals surface area contributed by atoms with Crippen LogP contribution in [0.25, 0.3) is 0 Å². The molecule has 1 saturated carbocycles. The van der Waals surface area contributed by atoms with Gasteiger partial charge in [-0.25, -0.2) is 0 Å². The average molecular weight is 290 g/mol. The third kappa shape index (κ3) is 1.88. The van der Waals surface area contributed by atoms with Crippen molar-refractivity contribution in [1.29, 1.82) is 0 Å². The first-order valence-electron chi connectivity index (χ1n) is 7.16. The molecule has 0 aromatic heterocycles. The van der Waals surface area contributed by atoms with Crippen LogP contribution in [-0.4, -0.2) is 36.0 Å². The highest BCUT2D eigenvalue weighted by molar-refractivity contribution is 8.01. The topological polar surface area (TPSA) is 64.3 Å². The molecular formula is C15H18N2O2S. The number of nitrogens with two attached hydrogens (primary N) is 1. The molecule has 3 aliphatic rings. The van der Waals surface area contributed by atoms with E-state index in [1.807, 2.05) is 12.1 Å². The fraction of sp³-hybridized carbons (Fsp3) is 0.533. The number of benzene rings is 1. The van der Waals surface area contributed by atoms with Crippen LogP contribution in [0.1, 0.15) is 12.0 Å². The third-order valence-electron chi connectivity index (χ3n) is 4.69. The van der Waals surface area contributed by atoms with Crippen molar-refractivity contribution in [3.8, 4) is 0 Å². The molecule has 5 heteroatoms. The van der Waals surface area contributed by atoms with E-state index in [0.29, 0.717) is 5.92 Å². The van der Waals surface area contributed by atoms with Gasteiger partial charge < -0.3 is 15.8 Å². The third-order valence-corrected chi connectivity index (χ3v) is 6.01. The lowest BCUT2D eigenvalue weighted by Gasteiger charge is -2.45. The molecule has 2 heterocycles. The summed E-state index contributed by atoms with van der Waals surface area (Å²) in [4.78, 5) is 13.6. The number of ether oxygens (including phenoxy) is 1. The number of carbonyl (C=O) groups excluding carboxylic acids is 1. The molecule has 2 aliphatic heterocycles. The van der Waals surface area contributed by atoms with Gasteiger partial charge in [-0.15, -0.1) is 11.8 Å². The van der Waals surface area contributed by atoms with E-state index in [4.69, 9.17) is 10.5 Å². The van der Waals surface area contributed by atoms with E-state index in [0.717, 1.165) is 19.4 Å². The van der Waals surface area contributed by atoms with Crippen molar-refractivity contribution in [2.45, 2.75) is 41.2 Å². The summed E-state index contributed by atoms with van der Waals surface area (Å²) in [5.74, 6) is 0.536. The number of amides is 1. The molecule has 1 aliphatic carbocycles. The highest BCUT2D eigenvalue weighted by Gasteiger charge is 2.53. The van der Waals surface area contributed by atoms with Crippen LogP contribution in [-0.2, 0) is 16.0 Å². The number of thioether (sulfide) groups is 1. The Kier molecular flexibility index (Phi) is 3.02. The van der Waals surface area contributed by atoms with Crippen LogP contribution in [0.5, 0.6) is 0 Å². The molecule has 5 unspecified atom stereocenters. The quantitative estimate of drug-likeness (QED) is 0.850. The van der Waals surface area contributed by atoms with Crippen LogP contribution >= 0.6 is 11.8 Å². The fourth-order valence-electron chi connectivity index (χ4n) is 3.51. The maximum atomic E-state index is 12.4. The minimum absolute atomic E-state index is 0.000637. The van der Waals surface area contributed by atoms with Gasteiger partial charge in [0.25, 0.3) is 0 Å². The Morgan fingerprint density at radius 2 is 2.25 bits per heavy atom. The Balaban J connectivity index is 1.40. The molecule has 0 bridgehead atoms. The summed E-state index contributed by atoms with van der Waals surface area (Å²) in [5, 5.41) is 3.08. The van der Waals surface area contributed by atoms with Crippen molar-refractivity contribution in [3.05, 3.63) is 29.8 Å². The van der Waals surface area contributed by atoms with Gasteiger partial charge in [0.05, 0.1) is 17.4 Å². The first kappa shape index (κ1) is 12.7. The number of hydrogen-bond donors (Lipinski definition) is 2. The maximum absolute atomic E-state index is 12.4. The summed E-state index contributed by atoms with van der Waals surface area (Å²) >= 11 is 1.65. The highest BCUT2D eigenvalue weighted by Crippen LogP contribution is 2.40. The molecule has 1 amide bonds. The molecule has 0 radical (unpaired) electrons. The van der Waals surface area contributed by atoms with Crippen molar-refractivity contribution < 1.29 is 9.53 Å². The minimum Gasteiger partial charge on any atom is -0.376 e. The number of carbonyl (C=O) groups is 1. The monoisotopic (exact) mass is 290 g/mol. The number of fused-ring (bicyclic) bond motifs is 2. The predicted molar refractivity (Wildman–Crippen MR) is 77.5 cm³/mol. The first-order chi connectivity index (χ1) is 9.74. The second-order valence-electron chi connectivity index (χ2n) is 5.82. The number of hydrogen-bond acceptors (Lipinski definition) is 4. The normalized spacial score (nSPS) is 38.0. The van der Waals surface area contributed by atoms with Crippen molar-refractivity contribution >= 4 is 17.7 Å². The maximum Gasteiger partial charge on any atom is 0.234 e. The molecule has 4 nitrogen and oxygen atoms in total. The molecule has 20 heavy (non-hydrogen) atoms. The zero-order valence-electron chi connectivity index (χ0n) is 11.1. The second-order valence-corrected chi connectivity index (χ2v) is 7.06. The van der Waals surface area contributed by atoms with Crippen molar-refractivity contribution in [2.24, 2.45) is 11.7 Å². The molecule has 1 aromatic rings. The van der Waals surface area contributed by atoms with Gasteiger partial charge in [-0.05, 0) is 24.5 Å². The standard InChI is InChI=1S/C15H18N2O2S/c16-12-9-5-6-19-14(9)13(12)17-15(18)11-7-8-3-1-2-4-10(8)20-11/h1-4,9,11-14H,5-7,16H2,(H,17,18). The molecular weight excluding hydrogens is 272 g/mol. The van der Waals surface area contributed by atoms with E-state index < -0.39 is 0 Å². The molecule has 3 N–H and O–H groups in total. The Labute approximate surface area is 122 Å². The Morgan fingerprint density at radius 1 is 1.40 bits per heavy atom. The fourth-order valence-corrected chi connectivity index (χ4v) is 4.72. The predicted octanol–water partition coefficient (Wildman–Crippen LogP) is 0.934. The van der Waals surface area contributed by atoms with E-state index >= 15 is 0 Å². The molecule has 5 atom stereocenters. The zero-order chi connectivity index (χ0) is 13.7. The molecule has 106 valence electrons. The summed E-state index contributed by atoms with van der Waals surface area (Å²) in [7, 11) is 0. The highest BCUT2D eigenvalue weighted by atomic mass is 32.2. The molecule has 1 aromatic carbocycles. The summed E-state index contributed by atoms with van der Waals surface area (Å²) in [6.07, 6.45) is 1.98. The van der Waals surface area contributed by atoms with Gasteiger partial charge in [0, 0.05) is 23.5 Å². The van der Waals surface area contributed by atoms with Gasteiger partial charge in [0.15, 0.2) is 0 Å². The number of nitrogens with one attached hydrogen (secondary N) is 1. The minimum atomic E-state index is -0.0277. The molecule has 2 fully saturated rings. The van der Waals surface area contributed by atoms with Crippen LogP contribution in [0.4, 0.5) is 0 Å². The van der Waals surface area contributed by atoms with E-state index in [1.165, 1.54) is 10.5 Å². The summed E-state index contributed by atoms with van der Waals surface area (Å²) in [5.41, 5.74) is 7.41. The average Bonchev–Trinajstić information content (AvgIpc) is 3.08. The summed E-state index contributed by atoms with van der Waals surface area (Å²) in [6, 6.07) is 8.28. The lowest BCUT2D eigenvalue weighted by atomic mass is 9.72. The van der Waals surface area contributed by atoms with E-state index in [-0.39, 0.29) is 29.3 Å². The summed E-state index contributed by atoms with van der Waals surface area (Å²) < 4.78 is 5.66. The van der Waals surface area contributed by atoms with Crippen LogP contribution in [0, 0.1) is 5.92 Å². The smallest absolute Gasteiger partial charge is 0.234 e. The number of rotatable bonds is 2. The van der Waals surface area contributed by atoms with Crippen LogP contribution in [0.2, 0.25) is 0 Å². The van der Waals surface area contributed by atoms with Gasteiger partial charge in [-0.2, -0.15) is 0 Å². The van der Waals surface area contributed by atoms with E-state index in [2.05, 4.69) is 17.4 Å². The summed E-state index contributed by atoms with van der Waals surface area (Å²) in [6.45, 7) is 0.777. The zero-order valence-corrected chi connectivity index (χ0v) is 11.9. The first-order valence-corrected chi connectivity index (χ1v) is 8.04. The van der Waals surface area contributed by atoms with Gasteiger partial charge in [0.1, 0.15) is 0 Å². The second kappa shape index (κ2) is 4.76. The largest absolute Gasteiger partial charge is 0.376 e. The van der Waals surface area contributed by atoms with E-state index in [9.17, 15) is 4.79 Å². The van der Waals surface area contributed by atoms with Gasteiger partial charge >= 0.3 is 0 Å². The SMILES string of the molecule is NC1C2CCOC2C1NC(=O)C1Cc2ccccc2S1. The Morgan fingerprint density at radius 3 is 3.10 bits per heavy atom. The van der Waals surface area contributed by atoms with Crippen molar-refractivity contribution in [3.63, 3.8) is 0 Å². The van der Waals surface area contributed by atoms with Crippen LogP contribution in [0.15, 0.2) is 29.2 Å². The molecule has 0 spiro atoms. The molecule has 1 saturated heterocycles. The van der Waals surface area contributed by atoms with Crippen LogP contribution in [0.3, 0.4) is 0 Å². The Bertz CT molecular complexity index is 525. The van der Waals surface area contributed by atoms with Gasteiger partial charge in [-0.3, -0.25) is 4.79 Å². The van der Waals surface area contributed by atoms with Gasteiger partial charge in [-0.1, -0.05) is 18.2 Å². The Hall–Kier alpha value is -1.04. The van der Waals surface area contributed by atoms with Gasteiger partial charge in [0.2, 0.25) is 5.91 Å². The van der Waals surface area contributed by atoms with Crippen molar-refractivity contribution in [1.82, 2.24) is 5.32 Å². The lowest BCUT2D eigenvalue weighted by Crippen LogP contribution is -2.69. The van der Waals surface area contributed by atoms with E-state index in [1.54, 1.807) is 11.8 Å². The van der Waals surface area contributed by atoms with Crippen molar-refractivity contribution in [2.75, 3.05) is 6.61 Å².